The van der Waals surface area contributed by atoms with Crippen LogP contribution in [-0.2, 0) is 11.2 Å². The normalized spacial score (nSPS) is 15.7. The van der Waals surface area contributed by atoms with Crippen LogP contribution in [0.25, 0.3) is 11.0 Å². The molecule has 2 aromatic carbocycles. The third-order valence-electron chi connectivity index (χ3n) is 6.40. The molecule has 2 heterocycles. The SMILES string of the molecule is COc1cccc2cc(C(=O)Nc3ccc4c(c3)N(C(=O)C3CCCC3)CC4)c(=O)oc12. The van der Waals surface area contributed by atoms with Crippen molar-refractivity contribution in [3.05, 3.63) is 64.0 Å². The van der Waals surface area contributed by atoms with Gasteiger partial charge in [-0.1, -0.05) is 31.0 Å². The molecule has 0 bridgehead atoms. The van der Waals surface area contributed by atoms with E-state index in [4.69, 9.17) is 9.15 Å². The van der Waals surface area contributed by atoms with Gasteiger partial charge in [0.05, 0.1) is 7.11 Å². The van der Waals surface area contributed by atoms with Crippen molar-refractivity contribution in [2.45, 2.75) is 32.1 Å². The van der Waals surface area contributed by atoms with Gasteiger partial charge in [-0.05, 0) is 49.1 Å². The predicted molar refractivity (Wildman–Crippen MR) is 121 cm³/mol. The number of carbonyl (C=O) groups is 2. The summed E-state index contributed by atoms with van der Waals surface area (Å²) in [6, 6.07) is 12.3. The molecular weight excluding hydrogens is 408 g/mol. The van der Waals surface area contributed by atoms with Crippen molar-refractivity contribution in [2.75, 3.05) is 23.9 Å². The van der Waals surface area contributed by atoms with Gasteiger partial charge in [0.1, 0.15) is 5.56 Å². The summed E-state index contributed by atoms with van der Waals surface area (Å²) in [6.45, 7) is 0.665. The summed E-state index contributed by atoms with van der Waals surface area (Å²) in [7, 11) is 1.49. The predicted octanol–water partition coefficient (Wildman–Crippen LogP) is 4.13. The highest BCUT2D eigenvalue weighted by molar-refractivity contribution is 6.06. The van der Waals surface area contributed by atoms with Gasteiger partial charge in [-0.25, -0.2) is 4.79 Å². The van der Waals surface area contributed by atoms with Gasteiger partial charge in [0, 0.05) is 29.2 Å². The number of para-hydroxylation sites is 1. The summed E-state index contributed by atoms with van der Waals surface area (Å²) in [5.41, 5.74) is 1.94. The lowest BCUT2D eigenvalue weighted by atomic mass is 10.1. The average molecular weight is 432 g/mol. The molecule has 7 nitrogen and oxygen atoms in total. The van der Waals surface area contributed by atoms with Crippen molar-refractivity contribution in [3.8, 4) is 5.75 Å². The summed E-state index contributed by atoms with van der Waals surface area (Å²) in [5, 5.41) is 3.38. The Morgan fingerprint density at radius 1 is 1.12 bits per heavy atom. The maximum Gasteiger partial charge on any atom is 0.349 e. The molecule has 1 aliphatic carbocycles. The van der Waals surface area contributed by atoms with Crippen LogP contribution in [0, 0.1) is 5.92 Å². The van der Waals surface area contributed by atoms with Crippen LogP contribution < -0.4 is 20.6 Å². The van der Waals surface area contributed by atoms with Crippen LogP contribution in [0.2, 0.25) is 0 Å². The van der Waals surface area contributed by atoms with E-state index in [-0.39, 0.29) is 17.4 Å². The molecule has 3 aromatic rings. The van der Waals surface area contributed by atoms with Gasteiger partial charge in [0.15, 0.2) is 11.3 Å². The van der Waals surface area contributed by atoms with Crippen molar-refractivity contribution >= 4 is 34.2 Å². The Bertz CT molecular complexity index is 1270. The second kappa shape index (κ2) is 8.15. The van der Waals surface area contributed by atoms with Crippen LogP contribution in [0.5, 0.6) is 5.75 Å². The van der Waals surface area contributed by atoms with E-state index in [1.165, 1.54) is 13.2 Å². The molecule has 1 saturated carbocycles. The van der Waals surface area contributed by atoms with Gasteiger partial charge in [-0.3, -0.25) is 9.59 Å². The number of nitrogens with zero attached hydrogens (tertiary/aromatic N) is 1. The molecule has 0 saturated heterocycles. The zero-order valence-electron chi connectivity index (χ0n) is 17.8. The van der Waals surface area contributed by atoms with Gasteiger partial charge < -0.3 is 19.4 Å². The summed E-state index contributed by atoms with van der Waals surface area (Å²) < 4.78 is 10.6. The van der Waals surface area contributed by atoms with Crippen LogP contribution in [0.1, 0.15) is 41.6 Å². The summed E-state index contributed by atoms with van der Waals surface area (Å²) in [6.07, 6.45) is 4.91. The third kappa shape index (κ3) is 3.53. The van der Waals surface area contributed by atoms with E-state index in [2.05, 4.69) is 5.32 Å². The van der Waals surface area contributed by atoms with Gasteiger partial charge in [0.25, 0.3) is 5.91 Å². The number of nitrogens with one attached hydrogen (secondary N) is 1. The standard InChI is InChI=1S/C25H24N2O5/c1-31-21-8-4-7-17-13-19(25(30)32-22(17)21)23(28)26-18-10-9-15-11-12-27(20(15)14-18)24(29)16-5-2-3-6-16/h4,7-10,13-14,16H,2-3,5-6,11-12H2,1H3,(H,26,28). The molecule has 7 heteroatoms. The Balaban J connectivity index is 1.41. The molecule has 32 heavy (non-hydrogen) atoms. The summed E-state index contributed by atoms with van der Waals surface area (Å²) in [5.74, 6) is 0.138. The Morgan fingerprint density at radius 2 is 1.94 bits per heavy atom. The van der Waals surface area contributed by atoms with E-state index in [1.807, 2.05) is 17.0 Å². The molecular formula is C25H24N2O5. The van der Waals surface area contributed by atoms with Crippen molar-refractivity contribution in [1.82, 2.24) is 0 Å². The van der Waals surface area contributed by atoms with E-state index in [0.29, 0.717) is 29.0 Å². The Labute approximate surface area is 185 Å². The summed E-state index contributed by atoms with van der Waals surface area (Å²) >= 11 is 0. The number of carbonyl (C=O) groups excluding carboxylic acids is 2. The van der Waals surface area contributed by atoms with Crippen molar-refractivity contribution in [3.63, 3.8) is 0 Å². The van der Waals surface area contributed by atoms with Gasteiger partial charge in [-0.2, -0.15) is 0 Å². The van der Waals surface area contributed by atoms with Crippen molar-refractivity contribution < 1.29 is 18.7 Å². The second-order valence-corrected chi connectivity index (χ2v) is 8.35. The first-order valence-electron chi connectivity index (χ1n) is 10.9. The molecule has 0 radical (unpaired) electrons. The van der Waals surface area contributed by atoms with Gasteiger partial charge in [0.2, 0.25) is 5.91 Å². The number of anilines is 2. The van der Waals surface area contributed by atoms with E-state index in [0.717, 1.165) is 43.4 Å². The topological polar surface area (TPSA) is 88.9 Å². The minimum absolute atomic E-state index is 0.0925. The zero-order chi connectivity index (χ0) is 22.2. The molecule has 0 atom stereocenters. The summed E-state index contributed by atoms with van der Waals surface area (Å²) in [4.78, 5) is 40.2. The number of amides is 2. The van der Waals surface area contributed by atoms with Crippen LogP contribution in [0.4, 0.5) is 11.4 Å². The van der Waals surface area contributed by atoms with Gasteiger partial charge in [-0.15, -0.1) is 0 Å². The largest absolute Gasteiger partial charge is 0.493 e. The van der Waals surface area contributed by atoms with E-state index in [9.17, 15) is 14.4 Å². The maximum absolute atomic E-state index is 13.0. The molecule has 2 aliphatic rings. The number of hydrogen-bond donors (Lipinski definition) is 1. The number of rotatable bonds is 4. The highest BCUT2D eigenvalue weighted by Gasteiger charge is 2.32. The average Bonchev–Trinajstić information content (AvgIpc) is 3.48. The minimum Gasteiger partial charge on any atom is -0.493 e. The third-order valence-corrected chi connectivity index (χ3v) is 6.40. The van der Waals surface area contributed by atoms with Crippen LogP contribution in [-0.4, -0.2) is 25.5 Å². The quantitative estimate of drug-likeness (QED) is 0.626. The molecule has 164 valence electrons. The Morgan fingerprint density at radius 3 is 2.72 bits per heavy atom. The van der Waals surface area contributed by atoms with Crippen LogP contribution >= 0.6 is 0 Å². The highest BCUT2D eigenvalue weighted by atomic mass is 16.5. The molecule has 1 fully saturated rings. The number of benzene rings is 2. The van der Waals surface area contributed by atoms with E-state index < -0.39 is 11.5 Å². The molecule has 1 aliphatic heterocycles. The zero-order valence-corrected chi connectivity index (χ0v) is 17.8. The lowest BCUT2D eigenvalue weighted by Crippen LogP contribution is -2.33. The molecule has 1 aromatic heterocycles. The molecule has 0 spiro atoms. The fourth-order valence-corrected chi connectivity index (χ4v) is 4.71. The Hall–Kier alpha value is -3.61. The second-order valence-electron chi connectivity index (χ2n) is 8.35. The van der Waals surface area contributed by atoms with Gasteiger partial charge >= 0.3 is 5.63 Å². The van der Waals surface area contributed by atoms with E-state index in [1.54, 1.807) is 24.3 Å². The number of fused-ring (bicyclic) bond motifs is 2. The molecule has 1 N–H and O–H groups in total. The van der Waals surface area contributed by atoms with Crippen molar-refractivity contribution in [1.29, 1.82) is 0 Å². The van der Waals surface area contributed by atoms with Crippen molar-refractivity contribution in [2.24, 2.45) is 5.92 Å². The smallest absolute Gasteiger partial charge is 0.349 e. The molecule has 5 rings (SSSR count). The number of ether oxygens (including phenoxy) is 1. The minimum atomic E-state index is -0.737. The van der Waals surface area contributed by atoms with Crippen LogP contribution in [0.3, 0.4) is 0 Å². The first kappa shape index (κ1) is 20.3. The highest BCUT2D eigenvalue weighted by Crippen LogP contribution is 2.35. The molecule has 0 unspecified atom stereocenters. The molecule has 2 amide bonds. The fourth-order valence-electron chi connectivity index (χ4n) is 4.71. The lowest BCUT2D eigenvalue weighted by molar-refractivity contribution is -0.122. The first-order valence-corrected chi connectivity index (χ1v) is 10.9. The lowest BCUT2D eigenvalue weighted by Gasteiger charge is -2.21. The fraction of sp³-hybridized carbons (Fsp3) is 0.320. The first-order chi connectivity index (χ1) is 15.5. The number of hydrogen-bond acceptors (Lipinski definition) is 5. The number of methoxy groups -OCH3 is 1. The monoisotopic (exact) mass is 432 g/mol. The van der Waals surface area contributed by atoms with E-state index >= 15 is 0 Å². The maximum atomic E-state index is 13.0. The Kier molecular flexibility index (Phi) is 5.17. The van der Waals surface area contributed by atoms with Crippen LogP contribution in [0.15, 0.2) is 51.7 Å².